The molecule has 1 fully saturated rings. The van der Waals surface area contributed by atoms with Crippen LogP contribution in [0.2, 0.25) is 0 Å². The van der Waals surface area contributed by atoms with E-state index in [1.165, 1.54) is 0 Å². The zero-order valence-electron chi connectivity index (χ0n) is 17.7. The number of allylic oxidation sites excluding steroid dienone is 2. The van der Waals surface area contributed by atoms with Gasteiger partial charge in [0.2, 0.25) is 5.03 Å². The van der Waals surface area contributed by atoms with E-state index >= 15 is 0 Å². The Morgan fingerprint density at radius 1 is 1.19 bits per heavy atom. The van der Waals surface area contributed by atoms with E-state index < -0.39 is 17.1 Å². The maximum absolute atomic E-state index is 13.1. The molecule has 2 aromatic rings. The summed E-state index contributed by atoms with van der Waals surface area (Å²) in [5, 5.41) is 4.92. The Morgan fingerprint density at radius 3 is 2.48 bits per heavy atom. The van der Waals surface area contributed by atoms with E-state index in [4.69, 9.17) is 4.74 Å². The van der Waals surface area contributed by atoms with Gasteiger partial charge in [0.15, 0.2) is 11.6 Å². The highest BCUT2D eigenvalue weighted by molar-refractivity contribution is 7.90. The van der Waals surface area contributed by atoms with Crippen LogP contribution in [-0.2, 0) is 32.5 Å². The number of hydrogen-bond acceptors (Lipinski definition) is 6. The zero-order valence-corrected chi connectivity index (χ0v) is 18.5. The number of rotatable bonds is 6. The molecule has 0 amide bonds. The van der Waals surface area contributed by atoms with Crippen molar-refractivity contribution in [3.05, 3.63) is 58.5 Å². The summed E-state index contributed by atoms with van der Waals surface area (Å²) in [4.78, 5) is 38.7. The van der Waals surface area contributed by atoms with Gasteiger partial charge in [0.05, 0.1) is 22.4 Å². The molecule has 0 N–H and O–H groups in total. The molecule has 1 saturated carbocycles. The van der Waals surface area contributed by atoms with Crippen molar-refractivity contribution in [2.24, 2.45) is 13.0 Å². The summed E-state index contributed by atoms with van der Waals surface area (Å²) in [7, 11) is 1.71. The molecule has 2 aliphatic carbocycles. The summed E-state index contributed by atoms with van der Waals surface area (Å²) in [5.41, 5.74) is 1.76. The minimum Gasteiger partial charge on any atom is -0.610 e. The number of aryl methyl sites for hydroxylation is 2. The Labute approximate surface area is 183 Å². The molecule has 31 heavy (non-hydrogen) atoms. The van der Waals surface area contributed by atoms with Gasteiger partial charge < -0.3 is 9.29 Å². The van der Waals surface area contributed by atoms with E-state index in [2.05, 4.69) is 5.10 Å². The lowest BCUT2D eigenvalue weighted by atomic mass is 9.81. The van der Waals surface area contributed by atoms with Gasteiger partial charge in [-0.1, -0.05) is 18.2 Å². The molecule has 1 aromatic heterocycles. The average Bonchev–Trinajstić information content (AvgIpc) is 3.52. The largest absolute Gasteiger partial charge is 0.610 e. The van der Waals surface area contributed by atoms with Crippen molar-refractivity contribution in [1.29, 1.82) is 0 Å². The van der Waals surface area contributed by atoms with Gasteiger partial charge in [-0.25, -0.2) is 9.48 Å². The summed E-state index contributed by atoms with van der Waals surface area (Å²) < 4.78 is 19.6. The summed E-state index contributed by atoms with van der Waals surface area (Å²) in [6.45, 7) is 1.81. The van der Waals surface area contributed by atoms with Gasteiger partial charge in [0, 0.05) is 42.9 Å². The third-order valence-electron chi connectivity index (χ3n) is 5.74. The number of hydrogen-bond donors (Lipinski definition) is 0. The van der Waals surface area contributed by atoms with E-state index in [-0.39, 0.29) is 47.6 Å². The van der Waals surface area contributed by atoms with Crippen LogP contribution in [-0.4, -0.2) is 38.1 Å². The minimum atomic E-state index is -1.31. The second kappa shape index (κ2) is 8.43. The lowest BCUT2D eigenvalue weighted by Crippen LogP contribution is -2.27. The number of aromatic nitrogens is 2. The van der Waals surface area contributed by atoms with Crippen molar-refractivity contribution in [2.45, 2.75) is 43.6 Å². The SMILES string of the molecule is Cc1nn(C)c([S+](C)[O-])c1C1CC(=O)C(C(=O)C2CC2)=C(OC(=O)c2ccccc2)C1. The molecule has 0 radical (unpaired) electrons. The van der Waals surface area contributed by atoms with Crippen LogP contribution in [0, 0.1) is 12.8 Å². The van der Waals surface area contributed by atoms with Crippen LogP contribution in [0.5, 0.6) is 0 Å². The lowest BCUT2D eigenvalue weighted by molar-refractivity contribution is -0.123. The molecular weight excluding hydrogens is 416 g/mol. The van der Waals surface area contributed by atoms with Gasteiger partial charge in [0.25, 0.3) is 0 Å². The van der Waals surface area contributed by atoms with E-state index in [9.17, 15) is 18.9 Å². The maximum Gasteiger partial charge on any atom is 0.343 e. The topological polar surface area (TPSA) is 101 Å². The normalized spacial score (nSPS) is 20.0. The fourth-order valence-electron chi connectivity index (χ4n) is 4.21. The predicted molar refractivity (Wildman–Crippen MR) is 114 cm³/mol. The summed E-state index contributed by atoms with van der Waals surface area (Å²) in [6, 6.07) is 8.47. The molecule has 1 heterocycles. The number of esters is 1. The van der Waals surface area contributed by atoms with Gasteiger partial charge in [-0.05, 0) is 31.9 Å². The number of carbonyl (C=O) groups is 3. The summed E-state index contributed by atoms with van der Waals surface area (Å²) >= 11 is -1.31. The molecular formula is C23H24N2O5S. The highest BCUT2D eigenvalue weighted by Crippen LogP contribution is 2.42. The molecule has 0 spiro atoms. The van der Waals surface area contributed by atoms with Crippen LogP contribution in [0.3, 0.4) is 0 Å². The summed E-state index contributed by atoms with van der Waals surface area (Å²) in [6.07, 6.45) is 3.36. The van der Waals surface area contributed by atoms with Crippen molar-refractivity contribution in [1.82, 2.24) is 9.78 Å². The molecule has 2 unspecified atom stereocenters. The molecule has 2 atom stereocenters. The van der Waals surface area contributed by atoms with E-state index in [1.807, 2.05) is 0 Å². The fourth-order valence-corrected chi connectivity index (χ4v) is 5.25. The number of Topliss-reactive ketones (excluding diaryl/α,β-unsaturated/α-hetero) is 2. The molecule has 1 aromatic carbocycles. The quantitative estimate of drug-likeness (QED) is 0.389. The van der Waals surface area contributed by atoms with Crippen LogP contribution in [0.1, 0.15) is 53.2 Å². The molecule has 162 valence electrons. The average molecular weight is 441 g/mol. The number of ketones is 2. The van der Waals surface area contributed by atoms with Crippen molar-refractivity contribution in [3.8, 4) is 0 Å². The first kappa shape index (κ1) is 21.5. The Morgan fingerprint density at radius 2 is 1.87 bits per heavy atom. The smallest absolute Gasteiger partial charge is 0.343 e. The van der Waals surface area contributed by atoms with Gasteiger partial charge in [-0.2, -0.15) is 5.10 Å². The molecule has 4 rings (SSSR count). The Bertz CT molecular complexity index is 1080. The van der Waals surface area contributed by atoms with Crippen LogP contribution in [0.15, 0.2) is 46.7 Å². The van der Waals surface area contributed by atoms with Gasteiger partial charge in [0.1, 0.15) is 12.0 Å². The zero-order chi connectivity index (χ0) is 22.3. The predicted octanol–water partition coefficient (Wildman–Crippen LogP) is 3.00. The number of ether oxygens (including phenoxy) is 1. The molecule has 7 nitrogen and oxygen atoms in total. The molecule has 0 aliphatic heterocycles. The minimum absolute atomic E-state index is 0.0174. The van der Waals surface area contributed by atoms with Crippen LogP contribution < -0.4 is 0 Å². The van der Waals surface area contributed by atoms with Crippen LogP contribution >= 0.6 is 0 Å². The van der Waals surface area contributed by atoms with Crippen LogP contribution in [0.4, 0.5) is 0 Å². The third kappa shape index (κ3) is 4.22. The van der Waals surface area contributed by atoms with Gasteiger partial charge in [-0.15, -0.1) is 0 Å². The number of nitrogens with zero attached hydrogens (tertiary/aromatic N) is 2. The molecule has 0 bridgehead atoms. The Kier molecular flexibility index (Phi) is 5.85. The van der Waals surface area contributed by atoms with Crippen molar-refractivity contribution < 1.29 is 23.7 Å². The van der Waals surface area contributed by atoms with E-state index in [1.54, 1.807) is 55.2 Å². The van der Waals surface area contributed by atoms with E-state index in [0.717, 1.165) is 18.4 Å². The monoisotopic (exact) mass is 440 g/mol. The van der Waals surface area contributed by atoms with Gasteiger partial charge in [-0.3, -0.25) is 9.59 Å². The van der Waals surface area contributed by atoms with Crippen LogP contribution in [0.25, 0.3) is 0 Å². The van der Waals surface area contributed by atoms with Crippen molar-refractivity contribution in [3.63, 3.8) is 0 Å². The second-order valence-corrected chi connectivity index (χ2v) is 9.40. The lowest BCUT2D eigenvalue weighted by Gasteiger charge is -2.25. The third-order valence-corrected chi connectivity index (χ3v) is 6.76. The first-order valence-electron chi connectivity index (χ1n) is 10.2. The second-order valence-electron chi connectivity index (χ2n) is 8.10. The fraction of sp³-hybridized carbons (Fsp3) is 0.391. The van der Waals surface area contributed by atoms with E-state index in [0.29, 0.717) is 16.3 Å². The first-order valence-corrected chi connectivity index (χ1v) is 11.8. The highest BCUT2D eigenvalue weighted by Gasteiger charge is 2.42. The Hall–Kier alpha value is -2.71. The molecule has 2 aliphatic rings. The highest BCUT2D eigenvalue weighted by atomic mass is 32.2. The number of carbonyl (C=O) groups excluding carboxylic acids is 3. The van der Waals surface area contributed by atoms with Gasteiger partial charge >= 0.3 is 5.97 Å². The number of benzene rings is 1. The standard InChI is InChI=1S/C23H24N2O5S/c1-13-19(22(31(3)29)25(2)24-13)16-11-17(26)20(21(27)14-9-10-14)18(12-16)30-23(28)15-7-5-4-6-8-15/h4-8,14,16H,9-12H2,1-3H3. The van der Waals surface area contributed by atoms with Crippen molar-refractivity contribution >= 4 is 28.7 Å². The maximum atomic E-state index is 13.1. The summed E-state index contributed by atoms with van der Waals surface area (Å²) in [5.74, 6) is -1.59. The molecule has 8 heteroatoms. The first-order chi connectivity index (χ1) is 14.8. The molecule has 0 saturated heterocycles. The Balaban J connectivity index is 1.73. The van der Waals surface area contributed by atoms with Crippen molar-refractivity contribution in [2.75, 3.05) is 6.26 Å².